The van der Waals surface area contributed by atoms with Crippen molar-refractivity contribution in [2.24, 2.45) is 28.1 Å². The molecule has 2 N–H and O–H groups in total. The standard InChI is InChI=1S/C30H35F2NO8S/c1-26-10-9-19(35)11-21(26)22(31)12-23-27(2)13-17-15-33(18-5-7-20(8-6-18)40-42(4,38)39)41-30(17,25(37)16-34)28(27,3)14-24(36)29(23,26)32/h5-11,17,22-24,34,36H,12-16H2,1-4H3/t17-,22-,23-,24-,26-,27-,28-,29-,30-/m0/s1. The summed E-state index contributed by atoms with van der Waals surface area (Å²) in [4.78, 5) is 32.4. The van der Waals surface area contributed by atoms with Crippen LogP contribution in [0, 0.1) is 28.1 Å². The Balaban J connectivity index is 1.42. The van der Waals surface area contributed by atoms with Crippen LogP contribution in [0.15, 0.2) is 48.1 Å². The molecule has 9 nitrogen and oxygen atoms in total. The molecule has 3 saturated carbocycles. The Kier molecular flexibility index (Phi) is 6.25. The average Bonchev–Trinajstić information content (AvgIpc) is 3.37. The fraction of sp³-hybridized carbons (Fsp3) is 0.600. The third-order valence-electron chi connectivity index (χ3n) is 11.3. The lowest BCUT2D eigenvalue weighted by atomic mass is 9.39. The van der Waals surface area contributed by atoms with E-state index in [0.717, 1.165) is 12.3 Å². The lowest BCUT2D eigenvalue weighted by Crippen LogP contribution is -2.73. The van der Waals surface area contributed by atoms with E-state index in [-0.39, 0.29) is 37.1 Å². The molecule has 0 unspecified atom stereocenters. The largest absolute Gasteiger partial charge is 0.390 e. The van der Waals surface area contributed by atoms with Gasteiger partial charge in [-0.15, -0.1) is 0 Å². The zero-order valence-electron chi connectivity index (χ0n) is 23.8. The molecule has 1 aliphatic heterocycles. The summed E-state index contributed by atoms with van der Waals surface area (Å²) in [6, 6.07) is 6.03. The zero-order chi connectivity index (χ0) is 30.7. The molecule has 4 aliphatic carbocycles. The summed E-state index contributed by atoms with van der Waals surface area (Å²) < 4.78 is 61.5. The van der Waals surface area contributed by atoms with Crippen molar-refractivity contribution in [3.63, 3.8) is 0 Å². The molecule has 1 aromatic rings. The molecule has 0 bridgehead atoms. The Morgan fingerprint density at radius 3 is 2.48 bits per heavy atom. The van der Waals surface area contributed by atoms with Gasteiger partial charge in [-0.25, -0.2) is 8.78 Å². The van der Waals surface area contributed by atoms with Gasteiger partial charge in [0.2, 0.25) is 0 Å². The molecule has 0 amide bonds. The van der Waals surface area contributed by atoms with E-state index in [4.69, 9.17) is 9.02 Å². The summed E-state index contributed by atoms with van der Waals surface area (Å²) >= 11 is 0. The number of carbonyl (C=O) groups excluding carboxylic acids is 2. The fourth-order valence-electron chi connectivity index (χ4n) is 9.32. The van der Waals surface area contributed by atoms with E-state index in [1.54, 1.807) is 19.1 Å². The normalized spacial score (nSPS) is 44.1. The van der Waals surface area contributed by atoms with Gasteiger partial charge in [-0.3, -0.25) is 19.5 Å². The Bertz CT molecular complexity index is 1530. The van der Waals surface area contributed by atoms with Crippen LogP contribution in [0.25, 0.3) is 0 Å². The predicted octanol–water partition coefficient (Wildman–Crippen LogP) is 3.01. The van der Waals surface area contributed by atoms with E-state index in [1.807, 2.05) is 6.92 Å². The van der Waals surface area contributed by atoms with E-state index >= 15 is 8.78 Å². The maximum absolute atomic E-state index is 17.7. The third-order valence-corrected chi connectivity index (χ3v) is 11.8. The minimum Gasteiger partial charge on any atom is -0.390 e. The summed E-state index contributed by atoms with van der Waals surface area (Å²) in [7, 11) is -3.74. The van der Waals surface area contributed by atoms with Crippen LogP contribution in [-0.2, 0) is 24.5 Å². The molecular formula is C30H35F2NO8S. The number of allylic oxidation sites excluding steroid dienone is 4. The van der Waals surface area contributed by atoms with Gasteiger partial charge in [-0.1, -0.05) is 19.9 Å². The number of aliphatic hydroxyl groups is 2. The molecule has 6 rings (SSSR count). The van der Waals surface area contributed by atoms with Crippen molar-refractivity contribution in [3.05, 3.63) is 48.1 Å². The lowest BCUT2D eigenvalue weighted by molar-refractivity contribution is -0.256. The third kappa shape index (κ3) is 3.52. The topological polar surface area (TPSA) is 130 Å². The van der Waals surface area contributed by atoms with Gasteiger partial charge in [0.25, 0.3) is 0 Å². The number of ketones is 2. The minimum atomic E-state index is -3.74. The van der Waals surface area contributed by atoms with Crippen LogP contribution in [-0.4, -0.2) is 73.2 Å². The molecule has 1 saturated heterocycles. The van der Waals surface area contributed by atoms with Crippen LogP contribution >= 0.6 is 0 Å². The van der Waals surface area contributed by atoms with Gasteiger partial charge in [-0.2, -0.15) is 8.42 Å². The fourth-order valence-corrected chi connectivity index (χ4v) is 9.78. The quantitative estimate of drug-likeness (QED) is 0.485. The second-order valence-corrected chi connectivity index (χ2v) is 14.8. The first-order valence-corrected chi connectivity index (χ1v) is 15.8. The van der Waals surface area contributed by atoms with Crippen molar-refractivity contribution in [2.75, 3.05) is 24.5 Å². The number of fused-ring (bicyclic) bond motifs is 7. The Morgan fingerprint density at radius 1 is 1.19 bits per heavy atom. The molecule has 0 aromatic heterocycles. The summed E-state index contributed by atoms with van der Waals surface area (Å²) in [5, 5.41) is 23.4. The molecule has 42 heavy (non-hydrogen) atoms. The zero-order valence-corrected chi connectivity index (χ0v) is 24.7. The number of anilines is 1. The summed E-state index contributed by atoms with van der Waals surface area (Å²) in [5.74, 6) is -2.53. The number of halogens is 2. The maximum Gasteiger partial charge on any atom is 0.306 e. The van der Waals surface area contributed by atoms with Crippen LogP contribution in [0.2, 0.25) is 0 Å². The molecule has 0 radical (unpaired) electrons. The van der Waals surface area contributed by atoms with Crippen molar-refractivity contribution < 1.29 is 46.0 Å². The highest BCUT2D eigenvalue weighted by molar-refractivity contribution is 7.86. The second kappa shape index (κ2) is 8.93. The number of alkyl halides is 2. The molecular weight excluding hydrogens is 572 g/mol. The number of carbonyl (C=O) groups is 2. The first-order chi connectivity index (χ1) is 19.5. The van der Waals surface area contributed by atoms with Crippen molar-refractivity contribution in [3.8, 4) is 5.75 Å². The van der Waals surface area contributed by atoms with Gasteiger partial charge < -0.3 is 14.4 Å². The van der Waals surface area contributed by atoms with Crippen LogP contribution in [0.5, 0.6) is 5.75 Å². The van der Waals surface area contributed by atoms with Gasteiger partial charge in [0.1, 0.15) is 18.5 Å². The predicted molar refractivity (Wildman–Crippen MR) is 147 cm³/mol. The number of hydroxylamine groups is 1. The molecule has 12 heteroatoms. The van der Waals surface area contributed by atoms with Gasteiger partial charge >= 0.3 is 10.1 Å². The number of hydrogen-bond donors (Lipinski definition) is 2. The van der Waals surface area contributed by atoms with Crippen molar-refractivity contribution in [1.29, 1.82) is 0 Å². The van der Waals surface area contributed by atoms with E-state index in [0.29, 0.717) is 5.69 Å². The maximum atomic E-state index is 17.7. The lowest BCUT2D eigenvalue weighted by Gasteiger charge is -2.67. The minimum absolute atomic E-state index is 0.0186. The summed E-state index contributed by atoms with van der Waals surface area (Å²) in [5.41, 5.74) is -7.29. The number of nitrogens with zero attached hydrogens (tertiary/aromatic N) is 1. The average molecular weight is 608 g/mol. The first kappa shape index (κ1) is 29.4. The van der Waals surface area contributed by atoms with Crippen molar-refractivity contribution in [1.82, 2.24) is 0 Å². The number of aliphatic hydroxyl groups excluding tert-OH is 2. The van der Waals surface area contributed by atoms with Gasteiger partial charge in [0.05, 0.1) is 24.6 Å². The highest BCUT2D eigenvalue weighted by Crippen LogP contribution is 2.77. The van der Waals surface area contributed by atoms with E-state index < -0.39 is 79.9 Å². The van der Waals surface area contributed by atoms with E-state index in [2.05, 4.69) is 0 Å². The van der Waals surface area contributed by atoms with Gasteiger partial charge in [0.15, 0.2) is 22.8 Å². The smallest absolute Gasteiger partial charge is 0.306 e. The number of Topliss-reactive ketones (excluding diaryl/α,β-unsaturated/α-hetero) is 1. The SMILES string of the molecule is C[C@]12C[C@H](O)[C@@]3(F)[C@@H](C[C@H](F)C4=CC(=O)C=C[C@@]43C)[C@]1(C)C[C@H]1CN(c3ccc(OS(C)(=O)=O)cc3)O[C@]12C(=O)CO. The highest BCUT2D eigenvalue weighted by Gasteiger charge is 2.83. The van der Waals surface area contributed by atoms with Crippen molar-refractivity contribution in [2.45, 2.75) is 63.6 Å². The molecule has 228 valence electrons. The van der Waals surface area contributed by atoms with Gasteiger partial charge in [-0.05, 0) is 73.6 Å². The number of rotatable bonds is 5. The highest BCUT2D eigenvalue weighted by atomic mass is 32.2. The van der Waals surface area contributed by atoms with Crippen LogP contribution < -0.4 is 9.25 Å². The molecule has 4 fully saturated rings. The van der Waals surface area contributed by atoms with Gasteiger partial charge in [0, 0.05) is 22.7 Å². The second-order valence-electron chi connectivity index (χ2n) is 13.2. The number of hydrogen-bond acceptors (Lipinski definition) is 9. The summed E-state index contributed by atoms with van der Waals surface area (Å²) in [6.07, 6.45) is 1.18. The van der Waals surface area contributed by atoms with Crippen LogP contribution in [0.1, 0.15) is 40.0 Å². The molecule has 9 atom stereocenters. The van der Waals surface area contributed by atoms with Crippen LogP contribution in [0.3, 0.4) is 0 Å². The Morgan fingerprint density at radius 2 is 1.86 bits per heavy atom. The molecule has 5 aliphatic rings. The van der Waals surface area contributed by atoms with Crippen molar-refractivity contribution >= 4 is 27.4 Å². The van der Waals surface area contributed by atoms with E-state index in [1.165, 1.54) is 36.3 Å². The summed E-state index contributed by atoms with van der Waals surface area (Å²) in [6.45, 7) is 4.45. The monoisotopic (exact) mass is 607 g/mol. The molecule has 1 aromatic carbocycles. The molecule has 1 heterocycles. The Hall–Kier alpha value is -2.67. The first-order valence-electron chi connectivity index (χ1n) is 14.0. The Labute approximate surface area is 243 Å². The van der Waals surface area contributed by atoms with Crippen LogP contribution in [0.4, 0.5) is 14.5 Å². The molecule has 0 spiro atoms. The number of benzene rings is 1. The van der Waals surface area contributed by atoms with E-state index in [9.17, 15) is 28.2 Å².